The van der Waals surface area contributed by atoms with Gasteiger partial charge in [0.05, 0.1) is 11.9 Å². The first kappa shape index (κ1) is 12.3. The number of nitrogens with one attached hydrogen (secondary N) is 1. The second-order valence-corrected chi connectivity index (χ2v) is 4.46. The van der Waals surface area contributed by atoms with E-state index in [0.29, 0.717) is 5.82 Å². The van der Waals surface area contributed by atoms with E-state index in [1.807, 2.05) is 61.5 Å². The number of rotatable bonds is 3. The van der Waals surface area contributed by atoms with Crippen molar-refractivity contribution in [2.45, 2.75) is 6.92 Å². The minimum Gasteiger partial charge on any atom is -0.259 e. The van der Waals surface area contributed by atoms with E-state index in [2.05, 4.69) is 20.7 Å². The lowest BCUT2D eigenvalue weighted by atomic mass is 10.1. The molecule has 4 nitrogen and oxygen atoms in total. The summed E-state index contributed by atoms with van der Waals surface area (Å²) in [5, 5.41) is 14.5. The van der Waals surface area contributed by atoms with Crippen LogP contribution in [0.1, 0.15) is 12.5 Å². The van der Waals surface area contributed by atoms with Crippen LogP contribution in [0, 0.1) is 0 Å². The van der Waals surface area contributed by atoms with E-state index in [9.17, 15) is 0 Å². The number of aromatic nitrogens is 2. The Morgan fingerprint density at radius 1 is 1.00 bits per heavy atom. The van der Waals surface area contributed by atoms with Crippen LogP contribution in [0.15, 0.2) is 65.9 Å². The number of fused-ring (bicyclic) bond motifs is 1. The lowest BCUT2D eigenvalue weighted by Crippen LogP contribution is -2.01. The summed E-state index contributed by atoms with van der Waals surface area (Å²) in [6, 6.07) is 18.0. The largest absolute Gasteiger partial charge is 0.259 e. The Labute approximate surface area is 117 Å². The van der Waals surface area contributed by atoms with E-state index < -0.39 is 0 Å². The molecule has 98 valence electrons. The predicted molar refractivity (Wildman–Crippen MR) is 81.8 cm³/mol. The SMILES string of the molecule is CC(=NNc1nncc2ccccc12)c1ccccc1. The molecule has 20 heavy (non-hydrogen) atoms. The van der Waals surface area contributed by atoms with Crippen LogP contribution >= 0.6 is 0 Å². The van der Waals surface area contributed by atoms with Gasteiger partial charge >= 0.3 is 0 Å². The number of hydrogen-bond donors (Lipinski definition) is 1. The first-order valence-electron chi connectivity index (χ1n) is 6.41. The highest BCUT2D eigenvalue weighted by Gasteiger charge is 2.02. The van der Waals surface area contributed by atoms with Crippen molar-refractivity contribution in [3.63, 3.8) is 0 Å². The molecule has 3 rings (SSSR count). The van der Waals surface area contributed by atoms with Gasteiger partial charge in [0.1, 0.15) is 0 Å². The third-order valence-electron chi connectivity index (χ3n) is 3.09. The van der Waals surface area contributed by atoms with Crippen molar-refractivity contribution >= 4 is 22.3 Å². The Kier molecular flexibility index (Phi) is 3.37. The minimum absolute atomic E-state index is 0.665. The molecule has 0 bridgehead atoms. The van der Waals surface area contributed by atoms with E-state index >= 15 is 0 Å². The maximum Gasteiger partial charge on any atom is 0.176 e. The Morgan fingerprint density at radius 3 is 2.60 bits per heavy atom. The fourth-order valence-corrected chi connectivity index (χ4v) is 1.99. The van der Waals surface area contributed by atoms with E-state index in [0.717, 1.165) is 22.0 Å². The van der Waals surface area contributed by atoms with Gasteiger partial charge in [-0.15, -0.1) is 5.10 Å². The first-order valence-corrected chi connectivity index (χ1v) is 6.41. The summed E-state index contributed by atoms with van der Waals surface area (Å²) < 4.78 is 0. The van der Waals surface area contributed by atoms with Gasteiger partial charge in [0.2, 0.25) is 0 Å². The molecule has 0 spiro atoms. The molecule has 0 unspecified atom stereocenters. The van der Waals surface area contributed by atoms with E-state index in [4.69, 9.17) is 0 Å². The second kappa shape index (κ2) is 5.48. The third kappa shape index (κ3) is 2.49. The standard InChI is InChI=1S/C16H14N4/c1-12(13-7-3-2-4-8-13)18-20-16-15-10-6-5-9-14(15)11-17-19-16/h2-11H,1H3,(H,19,20). The van der Waals surface area contributed by atoms with E-state index in [-0.39, 0.29) is 0 Å². The highest BCUT2D eigenvalue weighted by atomic mass is 15.3. The molecule has 0 fully saturated rings. The number of hydrogen-bond acceptors (Lipinski definition) is 4. The fraction of sp³-hybridized carbons (Fsp3) is 0.0625. The van der Waals surface area contributed by atoms with Gasteiger partial charge in [-0.1, -0.05) is 54.6 Å². The average Bonchev–Trinajstić information content (AvgIpc) is 2.53. The molecule has 0 atom stereocenters. The van der Waals surface area contributed by atoms with Gasteiger partial charge in [-0.05, 0) is 12.5 Å². The molecule has 0 radical (unpaired) electrons. The van der Waals surface area contributed by atoms with Gasteiger partial charge in [0.25, 0.3) is 0 Å². The first-order chi connectivity index (χ1) is 9.84. The summed E-state index contributed by atoms with van der Waals surface area (Å²) in [7, 11) is 0. The number of anilines is 1. The molecule has 0 aliphatic rings. The fourth-order valence-electron chi connectivity index (χ4n) is 1.99. The summed E-state index contributed by atoms with van der Waals surface area (Å²) in [5.41, 5.74) is 4.98. The van der Waals surface area contributed by atoms with Crippen molar-refractivity contribution in [2.24, 2.45) is 5.10 Å². The molecule has 1 aromatic heterocycles. The molecule has 3 aromatic rings. The zero-order valence-electron chi connectivity index (χ0n) is 11.1. The number of benzene rings is 2. The number of hydrazone groups is 1. The molecular weight excluding hydrogens is 248 g/mol. The lowest BCUT2D eigenvalue weighted by Gasteiger charge is -2.05. The smallest absolute Gasteiger partial charge is 0.176 e. The Balaban J connectivity index is 1.91. The van der Waals surface area contributed by atoms with Crippen LogP contribution in [0.2, 0.25) is 0 Å². The molecule has 0 amide bonds. The molecule has 1 heterocycles. The molecule has 0 aliphatic carbocycles. The second-order valence-electron chi connectivity index (χ2n) is 4.46. The molecule has 4 heteroatoms. The molecule has 1 N–H and O–H groups in total. The molecule has 0 saturated heterocycles. The summed E-state index contributed by atoms with van der Waals surface area (Å²) in [6.45, 7) is 1.96. The zero-order chi connectivity index (χ0) is 13.8. The van der Waals surface area contributed by atoms with Crippen molar-refractivity contribution in [3.8, 4) is 0 Å². The molecular formula is C16H14N4. The Bertz CT molecular complexity index is 745. The molecule has 2 aromatic carbocycles. The van der Waals surface area contributed by atoms with Crippen LogP contribution in [0.4, 0.5) is 5.82 Å². The van der Waals surface area contributed by atoms with Crippen LogP contribution in [0.3, 0.4) is 0 Å². The van der Waals surface area contributed by atoms with Crippen LogP contribution in [0.5, 0.6) is 0 Å². The predicted octanol–water partition coefficient (Wildman–Crippen LogP) is 3.47. The maximum absolute atomic E-state index is 4.38. The van der Waals surface area contributed by atoms with Gasteiger partial charge in [-0.25, -0.2) is 0 Å². The van der Waals surface area contributed by atoms with Gasteiger partial charge in [0, 0.05) is 10.8 Å². The summed E-state index contributed by atoms with van der Waals surface area (Å²) in [6.07, 6.45) is 1.74. The van der Waals surface area contributed by atoms with Gasteiger partial charge in [-0.3, -0.25) is 5.43 Å². The van der Waals surface area contributed by atoms with Crippen molar-refractivity contribution in [2.75, 3.05) is 5.43 Å². The number of nitrogens with zero attached hydrogens (tertiary/aromatic N) is 3. The van der Waals surface area contributed by atoms with Gasteiger partial charge < -0.3 is 0 Å². The minimum atomic E-state index is 0.665. The quantitative estimate of drug-likeness (QED) is 0.581. The highest BCUT2D eigenvalue weighted by Crippen LogP contribution is 2.19. The summed E-state index contributed by atoms with van der Waals surface area (Å²) >= 11 is 0. The van der Waals surface area contributed by atoms with Gasteiger partial charge in [0.15, 0.2) is 5.82 Å². The normalized spacial score (nSPS) is 11.6. The van der Waals surface area contributed by atoms with Crippen molar-refractivity contribution < 1.29 is 0 Å². The van der Waals surface area contributed by atoms with Crippen molar-refractivity contribution in [3.05, 3.63) is 66.4 Å². The lowest BCUT2D eigenvalue weighted by molar-refractivity contribution is 1.04. The van der Waals surface area contributed by atoms with Crippen LogP contribution < -0.4 is 5.43 Å². The maximum atomic E-state index is 4.38. The van der Waals surface area contributed by atoms with Crippen LogP contribution in [0.25, 0.3) is 10.8 Å². The summed E-state index contributed by atoms with van der Waals surface area (Å²) in [5.74, 6) is 0.665. The zero-order valence-corrected chi connectivity index (χ0v) is 11.1. The average molecular weight is 262 g/mol. The Hall–Kier alpha value is -2.75. The monoisotopic (exact) mass is 262 g/mol. The third-order valence-corrected chi connectivity index (χ3v) is 3.09. The van der Waals surface area contributed by atoms with E-state index in [1.165, 1.54) is 0 Å². The van der Waals surface area contributed by atoms with Crippen LogP contribution in [-0.2, 0) is 0 Å². The van der Waals surface area contributed by atoms with Gasteiger partial charge in [-0.2, -0.15) is 10.2 Å². The molecule has 0 aliphatic heterocycles. The van der Waals surface area contributed by atoms with Crippen molar-refractivity contribution in [1.29, 1.82) is 0 Å². The highest BCUT2D eigenvalue weighted by molar-refractivity contribution is 5.99. The van der Waals surface area contributed by atoms with E-state index in [1.54, 1.807) is 6.20 Å². The summed E-state index contributed by atoms with van der Waals surface area (Å²) in [4.78, 5) is 0. The van der Waals surface area contributed by atoms with Crippen LogP contribution in [-0.4, -0.2) is 15.9 Å². The topological polar surface area (TPSA) is 50.2 Å². The Morgan fingerprint density at radius 2 is 1.75 bits per heavy atom. The van der Waals surface area contributed by atoms with Crippen molar-refractivity contribution in [1.82, 2.24) is 10.2 Å². The molecule has 0 saturated carbocycles.